The van der Waals surface area contributed by atoms with Crippen molar-refractivity contribution in [2.24, 2.45) is 0 Å². The zero-order valence-corrected chi connectivity index (χ0v) is 26.3. The van der Waals surface area contributed by atoms with Crippen LogP contribution in [0.5, 0.6) is 0 Å². The summed E-state index contributed by atoms with van der Waals surface area (Å²) in [5.41, 5.74) is 4.96. The summed E-state index contributed by atoms with van der Waals surface area (Å²) in [5.74, 6) is 0.134. The summed E-state index contributed by atoms with van der Waals surface area (Å²) in [6.07, 6.45) is 1.82. The van der Waals surface area contributed by atoms with Gasteiger partial charge in [0.1, 0.15) is 5.69 Å². The number of piperidine rings is 1. The number of rotatable bonds is 9. The van der Waals surface area contributed by atoms with Gasteiger partial charge in [-0.15, -0.1) is 11.3 Å². The molecule has 0 bridgehead atoms. The number of aromatic nitrogens is 2. The number of benzene rings is 3. The molecule has 2 aromatic heterocycles. The van der Waals surface area contributed by atoms with Gasteiger partial charge >= 0.3 is 0 Å². The molecule has 0 saturated carbocycles. The minimum atomic E-state index is -0.203. The minimum Gasteiger partial charge on any atom is -0.353 e. The van der Waals surface area contributed by atoms with E-state index in [4.69, 9.17) is 28.2 Å². The van der Waals surface area contributed by atoms with Crippen LogP contribution < -0.4 is 10.6 Å². The molecule has 220 valence electrons. The number of anilines is 1. The SMILES string of the molecule is O=C(CSc1nc(-c2cccc(NC(=O)c3cc4ccccc4[nH]3)c2)cs1)NC1CCN(Cc2ccc(Cl)c(Cl)c2)CC1. The third kappa shape index (κ3) is 7.60. The first-order chi connectivity index (χ1) is 20.9. The number of aromatic amines is 1. The number of nitrogens with one attached hydrogen (secondary N) is 3. The average Bonchev–Trinajstić information content (AvgIpc) is 3.67. The quantitative estimate of drug-likeness (QED) is 0.142. The van der Waals surface area contributed by atoms with Crippen LogP contribution in [-0.2, 0) is 11.3 Å². The van der Waals surface area contributed by atoms with Gasteiger partial charge in [-0.05, 0) is 54.8 Å². The molecule has 5 aromatic rings. The number of hydrogen-bond donors (Lipinski definition) is 3. The van der Waals surface area contributed by atoms with Crippen LogP contribution in [0.1, 0.15) is 28.9 Å². The number of para-hydroxylation sites is 1. The van der Waals surface area contributed by atoms with Gasteiger partial charge < -0.3 is 15.6 Å². The molecule has 11 heteroatoms. The normalized spacial score (nSPS) is 14.2. The van der Waals surface area contributed by atoms with Gasteiger partial charge in [-0.25, -0.2) is 4.98 Å². The van der Waals surface area contributed by atoms with Crippen LogP contribution in [0.3, 0.4) is 0 Å². The number of H-pyrrole nitrogens is 1. The van der Waals surface area contributed by atoms with Crippen LogP contribution in [0.4, 0.5) is 5.69 Å². The van der Waals surface area contributed by atoms with Gasteiger partial charge in [0.2, 0.25) is 5.91 Å². The molecule has 0 spiro atoms. The highest BCUT2D eigenvalue weighted by Gasteiger charge is 2.21. The molecule has 7 nitrogen and oxygen atoms in total. The maximum atomic E-state index is 12.8. The highest BCUT2D eigenvalue weighted by Crippen LogP contribution is 2.30. The molecule has 1 fully saturated rings. The molecule has 3 aromatic carbocycles. The van der Waals surface area contributed by atoms with Crippen molar-refractivity contribution >= 4 is 74.7 Å². The lowest BCUT2D eigenvalue weighted by molar-refractivity contribution is -0.119. The van der Waals surface area contributed by atoms with Crippen molar-refractivity contribution in [2.45, 2.75) is 29.8 Å². The number of thiazole rings is 1. The van der Waals surface area contributed by atoms with Crippen LogP contribution in [0.2, 0.25) is 10.0 Å². The van der Waals surface area contributed by atoms with E-state index in [2.05, 4.69) is 20.5 Å². The van der Waals surface area contributed by atoms with Gasteiger partial charge in [0, 0.05) is 53.2 Å². The Labute approximate surface area is 268 Å². The van der Waals surface area contributed by atoms with E-state index in [0.29, 0.717) is 27.2 Å². The van der Waals surface area contributed by atoms with Gasteiger partial charge in [0.15, 0.2) is 4.34 Å². The molecule has 0 unspecified atom stereocenters. The lowest BCUT2D eigenvalue weighted by Gasteiger charge is -2.32. The molecule has 2 amide bonds. The zero-order valence-electron chi connectivity index (χ0n) is 23.1. The number of amides is 2. The summed E-state index contributed by atoms with van der Waals surface area (Å²) < 4.78 is 0.828. The van der Waals surface area contributed by atoms with E-state index in [-0.39, 0.29) is 17.9 Å². The third-order valence-corrected chi connectivity index (χ3v) is 10.1. The van der Waals surface area contributed by atoms with Gasteiger partial charge in [0.05, 0.1) is 21.5 Å². The first-order valence-corrected chi connectivity index (χ1v) is 16.6. The second kappa shape index (κ2) is 13.5. The summed E-state index contributed by atoms with van der Waals surface area (Å²) in [5, 5.41) is 10.3. The van der Waals surface area contributed by atoms with Crippen molar-refractivity contribution in [2.75, 3.05) is 24.2 Å². The number of likely N-dealkylation sites (tertiary alicyclic amines) is 1. The van der Waals surface area contributed by atoms with Crippen LogP contribution in [-0.4, -0.2) is 51.6 Å². The highest BCUT2D eigenvalue weighted by atomic mass is 35.5. The fourth-order valence-electron chi connectivity index (χ4n) is 5.13. The molecular weight excluding hydrogens is 621 g/mol. The number of thioether (sulfide) groups is 1. The molecule has 1 saturated heterocycles. The summed E-state index contributed by atoms with van der Waals surface area (Å²) in [4.78, 5) is 35.8. The molecule has 3 N–H and O–H groups in total. The number of fused-ring (bicyclic) bond motifs is 1. The van der Waals surface area contributed by atoms with E-state index < -0.39 is 0 Å². The van der Waals surface area contributed by atoms with Crippen molar-refractivity contribution in [3.05, 3.63) is 99.5 Å². The second-order valence-electron chi connectivity index (χ2n) is 10.5. The molecule has 6 rings (SSSR count). The molecule has 0 atom stereocenters. The second-order valence-corrected chi connectivity index (χ2v) is 13.4. The van der Waals surface area contributed by atoms with Crippen LogP contribution >= 0.6 is 46.3 Å². The number of carbonyl (C=O) groups is 2. The first-order valence-electron chi connectivity index (χ1n) is 13.9. The van der Waals surface area contributed by atoms with Crippen molar-refractivity contribution in [1.29, 1.82) is 0 Å². The van der Waals surface area contributed by atoms with E-state index in [1.165, 1.54) is 23.1 Å². The highest BCUT2D eigenvalue weighted by molar-refractivity contribution is 8.01. The number of nitrogens with zero attached hydrogens (tertiary/aromatic N) is 2. The van der Waals surface area contributed by atoms with Crippen molar-refractivity contribution in [1.82, 2.24) is 20.2 Å². The predicted octanol–water partition coefficient (Wildman–Crippen LogP) is 7.72. The van der Waals surface area contributed by atoms with Gasteiger partial charge in [0.25, 0.3) is 5.91 Å². The Hall–Kier alpha value is -3.34. The van der Waals surface area contributed by atoms with Crippen LogP contribution in [0.15, 0.2) is 82.5 Å². The van der Waals surface area contributed by atoms with E-state index in [9.17, 15) is 9.59 Å². The lowest BCUT2D eigenvalue weighted by Crippen LogP contribution is -2.44. The van der Waals surface area contributed by atoms with Gasteiger partial charge in [-0.2, -0.15) is 0 Å². The fraction of sp³-hybridized carbons (Fsp3) is 0.219. The standard InChI is InChI=1S/C32H29Cl2N5O2S2/c33-25-9-8-20(14-26(25)34)17-39-12-10-23(11-13-39)35-30(40)19-43-32-38-29(18-42-32)21-5-3-6-24(15-21)36-31(41)28-16-22-4-1-2-7-27(22)37-28/h1-9,14-16,18,23,37H,10-13,17,19H2,(H,35,40)(H,36,41). The van der Waals surface area contributed by atoms with E-state index in [1.807, 2.05) is 78.2 Å². The Balaban J connectivity index is 0.967. The molecule has 3 heterocycles. The molecular formula is C32H29Cl2N5O2S2. The van der Waals surface area contributed by atoms with Gasteiger partial charge in [-0.3, -0.25) is 14.5 Å². The van der Waals surface area contributed by atoms with Crippen LogP contribution in [0, 0.1) is 0 Å². The fourth-order valence-corrected chi connectivity index (χ4v) is 7.10. The third-order valence-electron chi connectivity index (χ3n) is 7.34. The topological polar surface area (TPSA) is 90.1 Å². The maximum Gasteiger partial charge on any atom is 0.272 e. The van der Waals surface area contributed by atoms with E-state index >= 15 is 0 Å². The smallest absolute Gasteiger partial charge is 0.272 e. The maximum absolute atomic E-state index is 12.8. The van der Waals surface area contributed by atoms with Crippen molar-refractivity contribution < 1.29 is 9.59 Å². The predicted molar refractivity (Wildman–Crippen MR) is 177 cm³/mol. The summed E-state index contributed by atoms with van der Waals surface area (Å²) >= 11 is 15.1. The Morgan fingerprint density at radius 2 is 1.84 bits per heavy atom. The molecule has 0 radical (unpaired) electrons. The van der Waals surface area contributed by atoms with Gasteiger partial charge in [-0.1, -0.05) is 71.4 Å². The largest absolute Gasteiger partial charge is 0.353 e. The Morgan fingerprint density at radius 1 is 1.00 bits per heavy atom. The molecule has 0 aliphatic carbocycles. The Bertz CT molecular complexity index is 1730. The number of halogens is 2. The number of hydrogen-bond acceptors (Lipinski definition) is 6. The summed E-state index contributed by atoms with van der Waals surface area (Å²) in [6, 6.07) is 23.2. The Kier molecular flexibility index (Phi) is 9.35. The number of carbonyl (C=O) groups excluding carboxylic acids is 2. The molecule has 1 aliphatic heterocycles. The minimum absolute atomic E-state index is 0.0198. The van der Waals surface area contributed by atoms with Crippen LogP contribution in [0.25, 0.3) is 22.2 Å². The summed E-state index contributed by atoms with van der Waals surface area (Å²) in [6.45, 7) is 2.64. The zero-order chi connectivity index (χ0) is 29.8. The molecule has 43 heavy (non-hydrogen) atoms. The van der Waals surface area contributed by atoms with E-state index in [1.54, 1.807) is 0 Å². The monoisotopic (exact) mass is 649 g/mol. The summed E-state index contributed by atoms with van der Waals surface area (Å²) in [7, 11) is 0. The average molecular weight is 651 g/mol. The molecule has 1 aliphatic rings. The Morgan fingerprint density at radius 3 is 2.65 bits per heavy atom. The first kappa shape index (κ1) is 29.7. The lowest BCUT2D eigenvalue weighted by atomic mass is 10.0. The van der Waals surface area contributed by atoms with Crippen molar-refractivity contribution in [3.8, 4) is 11.3 Å². The van der Waals surface area contributed by atoms with E-state index in [0.717, 1.165) is 64.5 Å². The van der Waals surface area contributed by atoms with Crippen molar-refractivity contribution in [3.63, 3.8) is 0 Å².